The summed E-state index contributed by atoms with van der Waals surface area (Å²) in [5.74, 6) is -0.630. The van der Waals surface area contributed by atoms with Gasteiger partial charge in [-0.05, 0) is 50.8 Å². The fraction of sp³-hybridized carbons (Fsp3) is 0.538. The summed E-state index contributed by atoms with van der Waals surface area (Å²) in [6.07, 6.45) is 0.238. The molecule has 0 bridgehead atoms. The molecule has 2 aromatic rings. The van der Waals surface area contributed by atoms with Gasteiger partial charge in [0.15, 0.2) is 5.69 Å². The number of nitrogens with one attached hydrogen (secondary N) is 1. The smallest absolute Gasteiger partial charge is 0.272 e. The second kappa shape index (κ2) is 10.9. The van der Waals surface area contributed by atoms with E-state index in [1.54, 1.807) is 50.1 Å². The Morgan fingerprint density at radius 1 is 1.37 bits per heavy atom. The maximum Gasteiger partial charge on any atom is 0.272 e. The number of hydrogen-bond acceptors (Lipinski definition) is 7. The van der Waals surface area contributed by atoms with Gasteiger partial charge in [-0.1, -0.05) is 12.1 Å². The second-order valence-electron chi connectivity index (χ2n) is 10.4. The molecule has 0 saturated heterocycles. The first kappa shape index (κ1) is 27.9. The Morgan fingerprint density at radius 2 is 2.05 bits per heavy atom. The Morgan fingerprint density at radius 3 is 2.66 bits per heavy atom. The van der Waals surface area contributed by atoms with Crippen LogP contribution in [-0.2, 0) is 35.5 Å². The molecular weight excluding hydrogens is 511 g/mol. The fourth-order valence-electron chi connectivity index (χ4n) is 4.75. The molecule has 1 aromatic heterocycles. The Labute approximate surface area is 223 Å². The minimum atomic E-state index is -1.61. The Hall–Kier alpha value is -3.14. The summed E-state index contributed by atoms with van der Waals surface area (Å²) in [6.45, 7) is 4.18. The topological polar surface area (TPSA) is 143 Å². The first-order valence-corrected chi connectivity index (χ1v) is 13.7. The molecule has 2 heterocycles. The van der Waals surface area contributed by atoms with Gasteiger partial charge in [-0.3, -0.25) is 18.5 Å². The third kappa shape index (κ3) is 5.65. The van der Waals surface area contributed by atoms with Gasteiger partial charge in [-0.25, -0.2) is 4.39 Å². The standard InChI is InChI=1S/C26H33FN6O4S/c1-25(2,16-37-20(27)13-29)38(36)26(9-10-26)15-33-11-8-19-21(31-32(3)22(19)24(33)35)23(34)30-14-18-6-4-17(12-28)5-7-18/h4-7,20H,8-11,13-16,29H2,1-3H3,(H,30,34). The maximum atomic E-state index is 13.5. The van der Waals surface area contributed by atoms with E-state index in [2.05, 4.69) is 16.5 Å². The van der Waals surface area contributed by atoms with Crippen molar-refractivity contribution in [2.24, 2.45) is 12.8 Å². The molecule has 1 aliphatic carbocycles. The van der Waals surface area contributed by atoms with Gasteiger partial charge >= 0.3 is 0 Å². The number of benzene rings is 1. The van der Waals surface area contributed by atoms with E-state index in [0.29, 0.717) is 49.2 Å². The number of carbonyl (C=O) groups excluding carboxylic acids is 2. The second-order valence-corrected chi connectivity index (χ2v) is 12.9. The lowest BCUT2D eigenvalue weighted by atomic mass is 10.0. The lowest BCUT2D eigenvalue weighted by Crippen LogP contribution is -2.49. The zero-order valence-electron chi connectivity index (χ0n) is 21.8. The van der Waals surface area contributed by atoms with Gasteiger partial charge in [0.2, 0.25) is 6.36 Å². The van der Waals surface area contributed by atoms with Crippen molar-refractivity contribution in [3.05, 3.63) is 52.3 Å². The average Bonchev–Trinajstić information content (AvgIpc) is 3.62. The van der Waals surface area contributed by atoms with Gasteiger partial charge in [-0.2, -0.15) is 10.4 Å². The molecule has 1 saturated carbocycles. The number of nitrogens with two attached hydrogens (primary N) is 1. The van der Waals surface area contributed by atoms with E-state index in [0.717, 1.165) is 5.56 Å². The fourth-order valence-corrected chi connectivity index (χ4v) is 6.85. The monoisotopic (exact) mass is 544 g/mol. The molecule has 1 aliphatic heterocycles. The molecule has 4 rings (SSSR count). The first-order chi connectivity index (χ1) is 18.0. The van der Waals surface area contributed by atoms with Crippen LogP contribution in [0.15, 0.2) is 24.3 Å². The molecular formula is C26H33FN6O4S. The van der Waals surface area contributed by atoms with Crippen molar-refractivity contribution < 1.29 is 22.9 Å². The SMILES string of the molecule is Cn1nc(C(=O)NCc2ccc(C#N)cc2)c2c1C(=O)N(CC1(S(=O)C(C)(C)COC(F)CN)CC1)CC2. The number of aryl methyl sites for hydroxylation is 1. The number of halogens is 1. The molecule has 38 heavy (non-hydrogen) atoms. The number of amides is 2. The lowest BCUT2D eigenvalue weighted by molar-refractivity contribution is -0.0381. The molecule has 204 valence electrons. The molecule has 10 nitrogen and oxygen atoms in total. The van der Waals surface area contributed by atoms with E-state index in [9.17, 15) is 18.2 Å². The van der Waals surface area contributed by atoms with Gasteiger partial charge in [0.05, 0.1) is 27.7 Å². The molecule has 2 unspecified atom stereocenters. The van der Waals surface area contributed by atoms with E-state index in [-0.39, 0.29) is 37.2 Å². The van der Waals surface area contributed by atoms with Crippen molar-refractivity contribution in [1.29, 1.82) is 5.26 Å². The van der Waals surface area contributed by atoms with Gasteiger partial charge in [0, 0.05) is 49.6 Å². The van der Waals surface area contributed by atoms with Crippen molar-refractivity contribution >= 4 is 22.6 Å². The molecule has 1 fully saturated rings. The van der Waals surface area contributed by atoms with Crippen LogP contribution in [0.1, 0.15) is 64.4 Å². The van der Waals surface area contributed by atoms with Gasteiger partial charge in [0.1, 0.15) is 5.69 Å². The van der Waals surface area contributed by atoms with E-state index in [1.165, 1.54) is 4.68 Å². The Balaban J connectivity index is 1.43. The summed E-state index contributed by atoms with van der Waals surface area (Å²) in [5.41, 5.74) is 7.82. The van der Waals surface area contributed by atoms with E-state index < -0.39 is 26.7 Å². The van der Waals surface area contributed by atoms with Crippen LogP contribution in [0, 0.1) is 11.3 Å². The van der Waals surface area contributed by atoms with Gasteiger partial charge in [0.25, 0.3) is 11.8 Å². The first-order valence-electron chi connectivity index (χ1n) is 12.5. The highest BCUT2D eigenvalue weighted by Crippen LogP contribution is 2.47. The van der Waals surface area contributed by atoms with Crippen molar-refractivity contribution in [3.63, 3.8) is 0 Å². The number of alkyl halides is 1. The molecule has 2 aliphatic rings. The van der Waals surface area contributed by atoms with Crippen LogP contribution in [0.5, 0.6) is 0 Å². The van der Waals surface area contributed by atoms with Crippen LogP contribution in [0.25, 0.3) is 0 Å². The van der Waals surface area contributed by atoms with E-state index >= 15 is 0 Å². The number of ether oxygens (including phenoxy) is 1. The predicted octanol–water partition coefficient (Wildman–Crippen LogP) is 1.55. The summed E-state index contributed by atoms with van der Waals surface area (Å²) < 4.78 is 32.2. The summed E-state index contributed by atoms with van der Waals surface area (Å²) >= 11 is 0. The molecule has 2 atom stereocenters. The minimum Gasteiger partial charge on any atom is -0.347 e. The predicted molar refractivity (Wildman–Crippen MR) is 139 cm³/mol. The number of fused-ring (bicyclic) bond motifs is 1. The lowest BCUT2D eigenvalue weighted by Gasteiger charge is -2.34. The molecule has 3 N–H and O–H groups in total. The highest BCUT2D eigenvalue weighted by atomic mass is 32.2. The number of nitrogens with zero attached hydrogens (tertiary/aromatic N) is 4. The number of rotatable bonds is 11. The summed E-state index contributed by atoms with van der Waals surface area (Å²) in [5, 5.41) is 16.1. The van der Waals surface area contributed by atoms with Crippen LogP contribution in [0.2, 0.25) is 0 Å². The molecule has 0 spiro atoms. The van der Waals surface area contributed by atoms with Gasteiger partial charge in [-0.15, -0.1) is 0 Å². The molecule has 0 radical (unpaired) electrons. The summed E-state index contributed by atoms with van der Waals surface area (Å²) in [6, 6.07) is 8.97. The maximum absolute atomic E-state index is 13.5. The van der Waals surface area contributed by atoms with Crippen LogP contribution in [0.3, 0.4) is 0 Å². The zero-order chi connectivity index (χ0) is 27.7. The number of hydrogen-bond donors (Lipinski definition) is 2. The summed E-state index contributed by atoms with van der Waals surface area (Å²) in [4.78, 5) is 28.1. The third-order valence-electron chi connectivity index (χ3n) is 7.00. The zero-order valence-corrected chi connectivity index (χ0v) is 22.6. The number of aromatic nitrogens is 2. The van der Waals surface area contributed by atoms with Crippen LogP contribution < -0.4 is 11.1 Å². The molecule has 2 amide bonds. The highest BCUT2D eigenvalue weighted by Gasteiger charge is 2.55. The van der Waals surface area contributed by atoms with Crippen molar-refractivity contribution in [3.8, 4) is 6.07 Å². The quantitative estimate of drug-likeness (QED) is 0.437. The van der Waals surface area contributed by atoms with Crippen molar-refractivity contribution in [1.82, 2.24) is 20.0 Å². The van der Waals surface area contributed by atoms with Crippen molar-refractivity contribution in [2.45, 2.75) is 55.5 Å². The Bertz CT molecular complexity index is 1280. The number of carbonyl (C=O) groups is 2. The minimum absolute atomic E-state index is 0.0412. The van der Waals surface area contributed by atoms with Crippen molar-refractivity contribution in [2.75, 3.05) is 26.2 Å². The van der Waals surface area contributed by atoms with E-state index in [4.69, 9.17) is 15.7 Å². The Kier molecular flexibility index (Phi) is 8.01. The highest BCUT2D eigenvalue weighted by molar-refractivity contribution is 7.88. The average molecular weight is 545 g/mol. The molecule has 12 heteroatoms. The molecule has 1 aromatic carbocycles. The summed E-state index contributed by atoms with van der Waals surface area (Å²) in [7, 11) is 0.249. The van der Waals surface area contributed by atoms with Crippen LogP contribution in [0.4, 0.5) is 4.39 Å². The van der Waals surface area contributed by atoms with E-state index in [1.807, 2.05) is 0 Å². The van der Waals surface area contributed by atoms with Gasteiger partial charge < -0.3 is 20.7 Å². The largest absolute Gasteiger partial charge is 0.347 e. The number of nitriles is 1. The van der Waals surface area contributed by atoms with Crippen LogP contribution >= 0.6 is 0 Å². The third-order valence-corrected chi connectivity index (χ3v) is 9.44. The van der Waals surface area contributed by atoms with Crippen LogP contribution in [-0.4, -0.2) is 72.8 Å². The normalized spacial score (nSPS) is 17.9.